The molecule has 0 radical (unpaired) electrons. The first-order chi connectivity index (χ1) is 13.3. The monoisotopic (exact) mass is 354 g/mol. The van der Waals surface area contributed by atoms with E-state index in [1.54, 1.807) is 12.3 Å². The molecule has 5 heteroatoms. The van der Waals surface area contributed by atoms with Crippen LogP contribution in [-0.4, -0.2) is 32.1 Å². The Balaban J connectivity index is 1.43. The predicted molar refractivity (Wildman–Crippen MR) is 104 cm³/mol. The summed E-state index contributed by atoms with van der Waals surface area (Å²) in [5.74, 6) is -0.0321. The summed E-state index contributed by atoms with van der Waals surface area (Å²) >= 11 is 0. The first-order valence-electron chi connectivity index (χ1n) is 9.04. The molecule has 5 nitrogen and oxygen atoms in total. The van der Waals surface area contributed by atoms with Gasteiger partial charge in [-0.15, -0.1) is 0 Å². The van der Waals surface area contributed by atoms with E-state index < -0.39 is 0 Å². The number of pyridine rings is 1. The minimum Gasteiger partial charge on any atom is -0.330 e. The van der Waals surface area contributed by atoms with E-state index in [1.807, 2.05) is 33.8 Å². The third-order valence-electron chi connectivity index (χ3n) is 5.01. The SMILES string of the molecule is O=C(c1ccccn1)N1CCn2nc(-c3ccc4ccccc4c3)cc2C1. The van der Waals surface area contributed by atoms with Crippen LogP contribution >= 0.6 is 0 Å². The molecule has 0 saturated carbocycles. The molecule has 3 heterocycles. The van der Waals surface area contributed by atoms with Crippen LogP contribution in [0.1, 0.15) is 16.2 Å². The summed E-state index contributed by atoms with van der Waals surface area (Å²) in [7, 11) is 0. The maximum Gasteiger partial charge on any atom is 0.272 e. The zero-order valence-electron chi connectivity index (χ0n) is 14.7. The second-order valence-electron chi connectivity index (χ2n) is 6.75. The van der Waals surface area contributed by atoms with Crippen molar-refractivity contribution in [3.8, 4) is 11.3 Å². The van der Waals surface area contributed by atoms with Crippen LogP contribution in [0, 0.1) is 0 Å². The number of aromatic nitrogens is 3. The maximum absolute atomic E-state index is 12.7. The molecule has 27 heavy (non-hydrogen) atoms. The smallest absolute Gasteiger partial charge is 0.272 e. The molecule has 0 spiro atoms. The molecule has 4 aromatic rings. The number of nitrogens with zero attached hydrogens (tertiary/aromatic N) is 4. The molecule has 1 aliphatic rings. The van der Waals surface area contributed by atoms with Gasteiger partial charge in [-0.25, -0.2) is 0 Å². The van der Waals surface area contributed by atoms with Crippen molar-refractivity contribution >= 4 is 16.7 Å². The predicted octanol–water partition coefficient (Wildman–Crippen LogP) is 3.75. The first kappa shape index (κ1) is 15.8. The van der Waals surface area contributed by atoms with Crippen molar-refractivity contribution < 1.29 is 4.79 Å². The van der Waals surface area contributed by atoms with E-state index in [4.69, 9.17) is 5.10 Å². The molecule has 0 fully saturated rings. The Morgan fingerprint density at radius 1 is 0.889 bits per heavy atom. The molecule has 1 amide bonds. The summed E-state index contributed by atoms with van der Waals surface area (Å²) in [6.07, 6.45) is 1.65. The standard InChI is InChI=1S/C22H18N4O/c27-22(20-7-3-4-10-23-20)25-11-12-26-19(15-25)14-21(24-26)18-9-8-16-5-1-2-6-17(16)13-18/h1-10,13-14H,11-12,15H2. The van der Waals surface area contributed by atoms with Crippen molar-refractivity contribution in [3.63, 3.8) is 0 Å². The van der Waals surface area contributed by atoms with Crippen molar-refractivity contribution in [2.45, 2.75) is 13.1 Å². The van der Waals surface area contributed by atoms with Gasteiger partial charge in [0.1, 0.15) is 5.69 Å². The van der Waals surface area contributed by atoms with Crippen LogP contribution in [0.5, 0.6) is 0 Å². The fourth-order valence-corrected chi connectivity index (χ4v) is 3.58. The van der Waals surface area contributed by atoms with Crippen molar-refractivity contribution in [2.75, 3.05) is 6.54 Å². The summed E-state index contributed by atoms with van der Waals surface area (Å²) in [6.45, 7) is 1.89. The van der Waals surface area contributed by atoms with Crippen LogP contribution in [0.3, 0.4) is 0 Å². The van der Waals surface area contributed by atoms with Crippen LogP contribution in [0.15, 0.2) is 72.9 Å². The lowest BCUT2D eigenvalue weighted by Gasteiger charge is -2.27. The van der Waals surface area contributed by atoms with Gasteiger partial charge in [0, 0.05) is 18.3 Å². The zero-order valence-corrected chi connectivity index (χ0v) is 14.7. The molecular weight excluding hydrogens is 336 g/mol. The van der Waals surface area contributed by atoms with Gasteiger partial charge >= 0.3 is 0 Å². The zero-order chi connectivity index (χ0) is 18.2. The molecule has 2 aromatic heterocycles. The van der Waals surface area contributed by atoms with Crippen LogP contribution in [0.25, 0.3) is 22.0 Å². The number of hydrogen-bond donors (Lipinski definition) is 0. The number of hydrogen-bond acceptors (Lipinski definition) is 3. The van der Waals surface area contributed by atoms with E-state index in [9.17, 15) is 4.79 Å². The minimum absolute atomic E-state index is 0.0321. The molecule has 5 rings (SSSR count). The Bertz CT molecular complexity index is 1130. The second kappa shape index (κ2) is 6.36. The normalized spacial score (nSPS) is 13.6. The molecule has 0 saturated heterocycles. The highest BCUT2D eigenvalue weighted by Gasteiger charge is 2.24. The molecule has 0 bridgehead atoms. The average Bonchev–Trinajstić information content (AvgIpc) is 3.17. The van der Waals surface area contributed by atoms with E-state index in [1.165, 1.54) is 10.8 Å². The summed E-state index contributed by atoms with van der Waals surface area (Å²) in [5, 5.41) is 7.18. The Hall–Kier alpha value is -3.47. The third-order valence-corrected chi connectivity index (χ3v) is 5.01. The number of rotatable bonds is 2. The molecule has 0 N–H and O–H groups in total. The van der Waals surface area contributed by atoms with Crippen molar-refractivity contribution in [1.29, 1.82) is 0 Å². The average molecular weight is 354 g/mol. The molecule has 132 valence electrons. The van der Waals surface area contributed by atoms with E-state index in [-0.39, 0.29) is 5.91 Å². The largest absolute Gasteiger partial charge is 0.330 e. The van der Waals surface area contributed by atoms with Gasteiger partial charge in [-0.1, -0.05) is 42.5 Å². The number of benzene rings is 2. The maximum atomic E-state index is 12.7. The van der Waals surface area contributed by atoms with E-state index in [2.05, 4.69) is 41.4 Å². The summed E-state index contributed by atoms with van der Waals surface area (Å²) in [5.41, 5.74) is 3.58. The number of amides is 1. The fourth-order valence-electron chi connectivity index (χ4n) is 3.58. The van der Waals surface area contributed by atoms with E-state index >= 15 is 0 Å². The number of fused-ring (bicyclic) bond motifs is 2. The van der Waals surface area contributed by atoms with Gasteiger partial charge in [0.15, 0.2) is 0 Å². The lowest BCUT2D eigenvalue weighted by Crippen LogP contribution is -2.38. The van der Waals surface area contributed by atoms with E-state index in [0.29, 0.717) is 25.3 Å². The first-order valence-corrected chi connectivity index (χ1v) is 9.04. The minimum atomic E-state index is -0.0321. The van der Waals surface area contributed by atoms with Crippen molar-refractivity contribution in [3.05, 3.63) is 84.3 Å². The lowest BCUT2D eigenvalue weighted by molar-refractivity contribution is 0.0700. The summed E-state index contributed by atoms with van der Waals surface area (Å²) in [6, 6.07) is 22.2. The summed E-state index contributed by atoms with van der Waals surface area (Å²) < 4.78 is 2.01. The molecule has 1 aliphatic heterocycles. The molecular formula is C22H18N4O. The Morgan fingerprint density at radius 3 is 2.59 bits per heavy atom. The van der Waals surface area contributed by atoms with E-state index in [0.717, 1.165) is 17.0 Å². The molecule has 0 atom stereocenters. The highest BCUT2D eigenvalue weighted by Crippen LogP contribution is 2.26. The van der Waals surface area contributed by atoms with Gasteiger partial charge in [-0.3, -0.25) is 14.5 Å². The topological polar surface area (TPSA) is 51.0 Å². The van der Waals surface area contributed by atoms with Gasteiger partial charge in [-0.05, 0) is 35.0 Å². The van der Waals surface area contributed by atoms with Crippen molar-refractivity contribution in [1.82, 2.24) is 19.7 Å². The van der Waals surface area contributed by atoms with Crippen LogP contribution in [0.4, 0.5) is 0 Å². The highest BCUT2D eigenvalue weighted by atomic mass is 16.2. The van der Waals surface area contributed by atoms with Crippen LogP contribution < -0.4 is 0 Å². The lowest BCUT2D eigenvalue weighted by atomic mass is 10.1. The highest BCUT2D eigenvalue weighted by molar-refractivity contribution is 5.92. The van der Waals surface area contributed by atoms with Gasteiger partial charge in [-0.2, -0.15) is 5.10 Å². The third kappa shape index (κ3) is 2.87. The second-order valence-corrected chi connectivity index (χ2v) is 6.75. The molecule has 0 aliphatic carbocycles. The van der Waals surface area contributed by atoms with Gasteiger partial charge < -0.3 is 4.90 Å². The number of carbonyl (C=O) groups excluding carboxylic acids is 1. The van der Waals surface area contributed by atoms with Gasteiger partial charge in [0.25, 0.3) is 5.91 Å². The van der Waals surface area contributed by atoms with Gasteiger partial charge in [0.05, 0.1) is 24.5 Å². The van der Waals surface area contributed by atoms with Crippen molar-refractivity contribution in [2.24, 2.45) is 0 Å². The Morgan fingerprint density at radius 2 is 1.74 bits per heavy atom. The Labute approximate surface area is 156 Å². The van der Waals surface area contributed by atoms with Crippen LogP contribution in [-0.2, 0) is 13.1 Å². The summed E-state index contributed by atoms with van der Waals surface area (Å²) in [4.78, 5) is 18.7. The number of carbonyl (C=O) groups is 1. The van der Waals surface area contributed by atoms with Crippen LogP contribution in [0.2, 0.25) is 0 Å². The van der Waals surface area contributed by atoms with Gasteiger partial charge in [0.2, 0.25) is 0 Å². The molecule has 2 aromatic carbocycles. The molecule has 0 unspecified atom stereocenters. The quantitative estimate of drug-likeness (QED) is 0.551. The fraction of sp³-hybridized carbons (Fsp3) is 0.136. The Kier molecular flexibility index (Phi) is 3.71.